The Bertz CT molecular complexity index is 421. The van der Waals surface area contributed by atoms with Gasteiger partial charge < -0.3 is 5.32 Å². The second-order valence-electron chi connectivity index (χ2n) is 6.44. The van der Waals surface area contributed by atoms with E-state index in [1.54, 1.807) is 6.07 Å². The lowest BCUT2D eigenvalue weighted by molar-refractivity contribution is 0.316. The third-order valence-electron chi connectivity index (χ3n) is 4.82. The normalized spacial score (nSPS) is 20.4. The third-order valence-corrected chi connectivity index (χ3v) is 4.82. The minimum absolute atomic E-state index is 0.0988. The van der Waals surface area contributed by atoms with Crippen molar-refractivity contribution >= 4 is 0 Å². The van der Waals surface area contributed by atoms with Crippen LogP contribution in [0.3, 0.4) is 0 Å². The maximum absolute atomic E-state index is 13.7. The number of aryl methyl sites for hydroxylation is 1. The minimum atomic E-state index is -0.0988. The van der Waals surface area contributed by atoms with Crippen molar-refractivity contribution in [3.8, 4) is 0 Å². The first-order valence-electron chi connectivity index (χ1n) is 8.10. The van der Waals surface area contributed by atoms with E-state index in [0.717, 1.165) is 17.0 Å². The summed E-state index contributed by atoms with van der Waals surface area (Å²) in [4.78, 5) is 0. The zero-order valence-corrected chi connectivity index (χ0v) is 13.1. The Morgan fingerprint density at radius 3 is 2.35 bits per heavy atom. The molecule has 1 unspecified atom stereocenters. The quantitative estimate of drug-likeness (QED) is 0.751. The molecule has 2 atom stereocenters. The van der Waals surface area contributed by atoms with Gasteiger partial charge in [-0.05, 0) is 56.7 Å². The summed E-state index contributed by atoms with van der Waals surface area (Å²) in [6.45, 7) is 6.24. The van der Waals surface area contributed by atoms with Gasteiger partial charge in [0.25, 0.3) is 0 Å². The lowest BCUT2D eigenvalue weighted by atomic mass is 9.92. The largest absolute Gasteiger partial charge is 0.307 e. The first-order valence-corrected chi connectivity index (χ1v) is 8.10. The van der Waals surface area contributed by atoms with Crippen LogP contribution in [0.15, 0.2) is 18.2 Å². The molecule has 1 aliphatic rings. The van der Waals surface area contributed by atoms with Gasteiger partial charge in [-0.3, -0.25) is 0 Å². The fourth-order valence-corrected chi connectivity index (χ4v) is 3.32. The van der Waals surface area contributed by atoms with Gasteiger partial charge in [0.2, 0.25) is 0 Å². The molecule has 0 aliphatic heterocycles. The van der Waals surface area contributed by atoms with Crippen LogP contribution < -0.4 is 5.32 Å². The Labute approximate surface area is 123 Å². The summed E-state index contributed by atoms with van der Waals surface area (Å²) in [5, 5.41) is 3.67. The number of rotatable bonds is 4. The average molecular weight is 277 g/mol. The molecule has 1 aromatic carbocycles. The van der Waals surface area contributed by atoms with Crippen molar-refractivity contribution in [1.29, 1.82) is 0 Å². The SMILES string of the molecule is Cc1ccc(C(C)N[C@@H](C)C2CCCCCC2)cc1F. The van der Waals surface area contributed by atoms with Crippen molar-refractivity contribution < 1.29 is 4.39 Å². The van der Waals surface area contributed by atoms with Crippen LogP contribution in [0.5, 0.6) is 0 Å². The Morgan fingerprint density at radius 2 is 1.75 bits per heavy atom. The topological polar surface area (TPSA) is 12.0 Å². The van der Waals surface area contributed by atoms with Crippen LogP contribution in [-0.2, 0) is 0 Å². The van der Waals surface area contributed by atoms with Crippen molar-refractivity contribution in [3.63, 3.8) is 0 Å². The van der Waals surface area contributed by atoms with Crippen molar-refractivity contribution in [2.75, 3.05) is 0 Å². The van der Waals surface area contributed by atoms with Gasteiger partial charge in [-0.25, -0.2) is 4.39 Å². The summed E-state index contributed by atoms with van der Waals surface area (Å²) >= 11 is 0. The van der Waals surface area contributed by atoms with Crippen LogP contribution in [0.25, 0.3) is 0 Å². The summed E-state index contributed by atoms with van der Waals surface area (Å²) < 4.78 is 13.7. The van der Waals surface area contributed by atoms with Crippen molar-refractivity contribution in [3.05, 3.63) is 35.1 Å². The van der Waals surface area contributed by atoms with Crippen LogP contribution in [0.1, 0.15) is 69.5 Å². The molecule has 0 heterocycles. The molecule has 1 N–H and O–H groups in total. The first-order chi connectivity index (χ1) is 9.58. The molecule has 0 bridgehead atoms. The van der Waals surface area contributed by atoms with E-state index in [4.69, 9.17) is 0 Å². The maximum atomic E-state index is 13.7. The van der Waals surface area contributed by atoms with E-state index in [9.17, 15) is 4.39 Å². The molecule has 0 amide bonds. The van der Waals surface area contributed by atoms with E-state index in [-0.39, 0.29) is 11.9 Å². The van der Waals surface area contributed by atoms with Gasteiger partial charge in [0.1, 0.15) is 5.82 Å². The standard InChI is InChI=1S/C18H28FN/c1-13-10-11-17(12-18(13)19)15(3)20-14(2)16-8-6-4-5-7-9-16/h10-12,14-16,20H,4-9H2,1-3H3/t14-,15?/m0/s1. The molecule has 1 nitrogen and oxygen atoms in total. The number of hydrogen-bond acceptors (Lipinski definition) is 1. The Balaban J connectivity index is 1.95. The molecule has 1 saturated carbocycles. The van der Waals surface area contributed by atoms with Gasteiger partial charge in [-0.15, -0.1) is 0 Å². The minimum Gasteiger partial charge on any atom is -0.307 e. The molecule has 112 valence electrons. The monoisotopic (exact) mass is 277 g/mol. The predicted octanol–water partition coefficient (Wildman–Crippen LogP) is 5.14. The van der Waals surface area contributed by atoms with Gasteiger partial charge in [-0.2, -0.15) is 0 Å². The molecule has 0 radical (unpaired) electrons. The molecular formula is C18H28FN. The molecule has 20 heavy (non-hydrogen) atoms. The summed E-state index contributed by atoms with van der Waals surface area (Å²) in [6, 6.07) is 6.30. The molecule has 0 saturated heterocycles. The van der Waals surface area contributed by atoms with Crippen LogP contribution >= 0.6 is 0 Å². The zero-order chi connectivity index (χ0) is 14.5. The summed E-state index contributed by atoms with van der Waals surface area (Å²) in [5.74, 6) is 0.675. The molecule has 1 aromatic rings. The average Bonchev–Trinajstić information content (AvgIpc) is 2.70. The number of benzene rings is 1. The Morgan fingerprint density at radius 1 is 1.10 bits per heavy atom. The molecule has 0 aromatic heterocycles. The van der Waals surface area contributed by atoms with E-state index in [1.165, 1.54) is 38.5 Å². The number of nitrogens with one attached hydrogen (secondary N) is 1. The van der Waals surface area contributed by atoms with Crippen LogP contribution in [-0.4, -0.2) is 6.04 Å². The molecule has 1 fully saturated rings. The predicted molar refractivity (Wildman–Crippen MR) is 83.3 cm³/mol. The smallest absolute Gasteiger partial charge is 0.126 e. The molecule has 2 rings (SSSR count). The highest BCUT2D eigenvalue weighted by Crippen LogP contribution is 2.27. The zero-order valence-electron chi connectivity index (χ0n) is 13.1. The van der Waals surface area contributed by atoms with Crippen LogP contribution in [0.2, 0.25) is 0 Å². The van der Waals surface area contributed by atoms with Gasteiger partial charge in [0.15, 0.2) is 0 Å². The van der Waals surface area contributed by atoms with E-state index >= 15 is 0 Å². The fraction of sp³-hybridized carbons (Fsp3) is 0.667. The highest BCUT2D eigenvalue weighted by molar-refractivity contribution is 5.25. The van der Waals surface area contributed by atoms with Crippen molar-refractivity contribution in [2.45, 2.75) is 71.4 Å². The molecule has 2 heteroatoms. The second kappa shape index (κ2) is 7.21. The molecule has 0 spiro atoms. The highest BCUT2D eigenvalue weighted by Gasteiger charge is 2.20. The van der Waals surface area contributed by atoms with Gasteiger partial charge in [0.05, 0.1) is 0 Å². The van der Waals surface area contributed by atoms with Gasteiger partial charge >= 0.3 is 0 Å². The summed E-state index contributed by atoms with van der Waals surface area (Å²) in [7, 11) is 0. The number of halogens is 1. The first kappa shape index (κ1) is 15.5. The lowest BCUT2D eigenvalue weighted by Gasteiger charge is -2.27. The van der Waals surface area contributed by atoms with Crippen LogP contribution in [0, 0.1) is 18.7 Å². The van der Waals surface area contributed by atoms with E-state index < -0.39 is 0 Å². The summed E-state index contributed by atoms with van der Waals surface area (Å²) in [5.41, 5.74) is 1.77. The Hall–Kier alpha value is -0.890. The maximum Gasteiger partial charge on any atom is 0.126 e. The van der Waals surface area contributed by atoms with Crippen LogP contribution in [0.4, 0.5) is 4.39 Å². The Kier molecular flexibility index (Phi) is 5.59. The summed E-state index contributed by atoms with van der Waals surface area (Å²) in [6.07, 6.45) is 8.19. The van der Waals surface area contributed by atoms with Gasteiger partial charge in [-0.1, -0.05) is 37.8 Å². The molecule has 1 aliphatic carbocycles. The highest BCUT2D eigenvalue weighted by atomic mass is 19.1. The van der Waals surface area contributed by atoms with Crippen molar-refractivity contribution in [1.82, 2.24) is 5.32 Å². The lowest BCUT2D eigenvalue weighted by Crippen LogP contribution is -2.35. The molecular weight excluding hydrogens is 249 g/mol. The fourth-order valence-electron chi connectivity index (χ4n) is 3.32. The van der Waals surface area contributed by atoms with E-state index in [0.29, 0.717) is 6.04 Å². The second-order valence-corrected chi connectivity index (χ2v) is 6.44. The van der Waals surface area contributed by atoms with Gasteiger partial charge in [0, 0.05) is 12.1 Å². The van der Waals surface area contributed by atoms with E-state index in [2.05, 4.69) is 19.2 Å². The van der Waals surface area contributed by atoms with Crippen molar-refractivity contribution in [2.24, 2.45) is 5.92 Å². The third kappa shape index (κ3) is 4.05. The van der Waals surface area contributed by atoms with E-state index in [1.807, 2.05) is 19.1 Å². The number of hydrogen-bond donors (Lipinski definition) is 1.